The third kappa shape index (κ3) is 6.94. The Hall–Kier alpha value is -4.82. The fourth-order valence-electron chi connectivity index (χ4n) is 4.31. The van der Waals surface area contributed by atoms with Gasteiger partial charge in [-0.05, 0) is 52.9 Å². The Bertz CT molecular complexity index is 1420. The van der Waals surface area contributed by atoms with Gasteiger partial charge in [0.05, 0.1) is 17.3 Å². The highest BCUT2D eigenvalue weighted by Gasteiger charge is 2.20. The molecule has 0 aliphatic rings. The van der Waals surface area contributed by atoms with Crippen LogP contribution in [0.2, 0.25) is 0 Å². The number of hydrogen-bond donors (Lipinski definition) is 3. The average molecular weight is 527 g/mol. The summed E-state index contributed by atoms with van der Waals surface area (Å²) >= 11 is 0. The first-order chi connectivity index (χ1) is 18.8. The highest BCUT2D eigenvalue weighted by molar-refractivity contribution is 6.03. The number of carboxylic acids is 1. The zero-order valence-corrected chi connectivity index (χ0v) is 21.2. The summed E-state index contributed by atoms with van der Waals surface area (Å²) in [5.74, 6) is -2.64. The van der Waals surface area contributed by atoms with Crippen LogP contribution in [-0.4, -0.2) is 36.1 Å². The molecule has 39 heavy (non-hydrogen) atoms. The second-order valence-corrected chi connectivity index (χ2v) is 8.84. The van der Waals surface area contributed by atoms with E-state index in [1.54, 1.807) is 25.1 Å². The van der Waals surface area contributed by atoms with Gasteiger partial charge in [-0.25, -0.2) is 9.18 Å². The summed E-state index contributed by atoms with van der Waals surface area (Å²) in [5.41, 5.74) is 3.47. The number of halogens is 1. The van der Waals surface area contributed by atoms with Crippen molar-refractivity contribution in [2.24, 2.45) is 0 Å². The summed E-state index contributed by atoms with van der Waals surface area (Å²) in [6.07, 6.45) is 0. The minimum atomic E-state index is -1.22. The Morgan fingerprint density at radius 1 is 0.795 bits per heavy atom. The minimum absolute atomic E-state index is 0.0866. The molecule has 0 radical (unpaired) electrons. The van der Waals surface area contributed by atoms with Gasteiger partial charge in [-0.1, -0.05) is 78.9 Å². The van der Waals surface area contributed by atoms with E-state index in [4.69, 9.17) is 4.74 Å². The molecular formula is C31H27FN2O5. The first kappa shape index (κ1) is 27.2. The van der Waals surface area contributed by atoms with Crippen molar-refractivity contribution in [2.45, 2.75) is 13.0 Å². The smallest absolute Gasteiger partial charge is 0.338 e. The molecule has 0 aliphatic heterocycles. The molecule has 0 heterocycles. The molecule has 198 valence electrons. The molecule has 0 aromatic heterocycles. The summed E-state index contributed by atoms with van der Waals surface area (Å²) in [6.45, 7) is 0.805. The average Bonchev–Trinajstić information content (AvgIpc) is 2.93. The van der Waals surface area contributed by atoms with Crippen LogP contribution in [-0.2, 0) is 14.3 Å². The fraction of sp³-hybridized carbons (Fsp3) is 0.129. The van der Waals surface area contributed by atoms with Crippen molar-refractivity contribution < 1.29 is 28.6 Å². The highest BCUT2D eigenvalue weighted by Crippen LogP contribution is 2.31. The molecule has 0 unspecified atom stereocenters. The van der Waals surface area contributed by atoms with E-state index in [0.29, 0.717) is 16.7 Å². The number of ether oxygens (including phenoxy) is 1. The van der Waals surface area contributed by atoms with Gasteiger partial charge in [0.1, 0.15) is 19.0 Å². The maximum Gasteiger partial charge on any atom is 0.338 e. The molecule has 8 heteroatoms. The zero-order valence-electron chi connectivity index (χ0n) is 21.2. The molecule has 7 nitrogen and oxygen atoms in total. The van der Waals surface area contributed by atoms with Gasteiger partial charge in [-0.2, -0.15) is 0 Å². The van der Waals surface area contributed by atoms with Crippen molar-refractivity contribution >= 4 is 23.5 Å². The Balaban J connectivity index is 1.38. The van der Waals surface area contributed by atoms with Crippen molar-refractivity contribution in [1.82, 2.24) is 5.32 Å². The molecule has 0 spiro atoms. The summed E-state index contributed by atoms with van der Waals surface area (Å²) in [5, 5.41) is 15.3. The molecule has 0 saturated heterocycles. The number of carbonyl (C=O) groups excluding carboxylic acids is 2. The third-order valence-corrected chi connectivity index (χ3v) is 6.15. The van der Waals surface area contributed by atoms with Crippen LogP contribution in [0.25, 0.3) is 11.1 Å². The van der Waals surface area contributed by atoms with Crippen LogP contribution in [0, 0.1) is 12.7 Å². The molecular weight excluding hydrogens is 499 g/mol. The second-order valence-electron chi connectivity index (χ2n) is 8.84. The van der Waals surface area contributed by atoms with E-state index in [2.05, 4.69) is 10.6 Å². The third-order valence-electron chi connectivity index (χ3n) is 6.15. The molecule has 0 bridgehead atoms. The molecule has 0 aliphatic carbocycles. The summed E-state index contributed by atoms with van der Waals surface area (Å²) < 4.78 is 18.6. The van der Waals surface area contributed by atoms with Crippen LogP contribution in [0.15, 0.2) is 97.1 Å². The predicted molar refractivity (Wildman–Crippen MR) is 146 cm³/mol. The van der Waals surface area contributed by atoms with Crippen molar-refractivity contribution in [1.29, 1.82) is 0 Å². The summed E-state index contributed by atoms with van der Waals surface area (Å²) in [4.78, 5) is 37.2. The van der Waals surface area contributed by atoms with E-state index in [1.165, 1.54) is 18.2 Å². The standard InChI is InChI=1S/C31H27FN2O5/c1-20-25(21-12-14-24(32)15-13-21)16-17-26(29(20)31(37)38)33-27(35)18-39-19-28(36)34-30(22-8-4-2-5-9-22)23-10-6-3-7-11-23/h2-17,30H,18-19H2,1H3,(H,33,35)(H,34,36)(H,37,38). The van der Waals surface area contributed by atoms with Gasteiger partial charge in [0, 0.05) is 0 Å². The van der Waals surface area contributed by atoms with Crippen LogP contribution >= 0.6 is 0 Å². The van der Waals surface area contributed by atoms with Crippen LogP contribution in [0.3, 0.4) is 0 Å². The number of rotatable bonds is 10. The van der Waals surface area contributed by atoms with Crippen molar-refractivity contribution in [3.63, 3.8) is 0 Å². The lowest BCUT2D eigenvalue weighted by Crippen LogP contribution is -2.33. The number of anilines is 1. The minimum Gasteiger partial charge on any atom is -0.478 e. The van der Waals surface area contributed by atoms with E-state index < -0.39 is 36.2 Å². The van der Waals surface area contributed by atoms with E-state index in [9.17, 15) is 23.9 Å². The van der Waals surface area contributed by atoms with Gasteiger partial charge in [-0.15, -0.1) is 0 Å². The first-order valence-corrected chi connectivity index (χ1v) is 12.2. The lowest BCUT2D eigenvalue weighted by molar-refractivity contribution is -0.129. The van der Waals surface area contributed by atoms with Crippen LogP contribution < -0.4 is 10.6 Å². The molecule has 3 N–H and O–H groups in total. The van der Waals surface area contributed by atoms with E-state index in [-0.39, 0.29) is 17.9 Å². The number of benzene rings is 4. The maximum absolute atomic E-state index is 13.3. The van der Waals surface area contributed by atoms with Gasteiger partial charge < -0.3 is 20.5 Å². The second kappa shape index (κ2) is 12.6. The van der Waals surface area contributed by atoms with E-state index in [1.807, 2.05) is 60.7 Å². The van der Waals surface area contributed by atoms with Crippen LogP contribution in [0.5, 0.6) is 0 Å². The molecule has 0 fully saturated rings. The SMILES string of the molecule is Cc1c(-c2ccc(F)cc2)ccc(NC(=O)COCC(=O)NC(c2ccccc2)c2ccccc2)c1C(=O)O. The van der Waals surface area contributed by atoms with Crippen LogP contribution in [0.4, 0.5) is 10.1 Å². The molecule has 2 amide bonds. The topological polar surface area (TPSA) is 105 Å². The summed E-state index contributed by atoms with van der Waals surface area (Å²) in [7, 11) is 0. The largest absolute Gasteiger partial charge is 0.478 e. The predicted octanol–water partition coefficient (Wildman–Crippen LogP) is 5.36. The quantitative estimate of drug-likeness (QED) is 0.258. The molecule has 0 atom stereocenters. The van der Waals surface area contributed by atoms with Crippen molar-refractivity contribution in [3.05, 3.63) is 125 Å². The monoisotopic (exact) mass is 526 g/mol. The summed E-state index contributed by atoms with van der Waals surface area (Å²) in [6, 6.07) is 27.4. The number of carbonyl (C=O) groups is 3. The molecule has 4 rings (SSSR count). The Kier molecular flexibility index (Phi) is 8.81. The highest BCUT2D eigenvalue weighted by atomic mass is 19.1. The van der Waals surface area contributed by atoms with E-state index >= 15 is 0 Å². The fourth-order valence-corrected chi connectivity index (χ4v) is 4.31. The lowest BCUT2D eigenvalue weighted by atomic mass is 9.95. The van der Waals surface area contributed by atoms with E-state index in [0.717, 1.165) is 11.1 Å². The van der Waals surface area contributed by atoms with Gasteiger partial charge in [0.25, 0.3) is 0 Å². The van der Waals surface area contributed by atoms with Gasteiger partial charge in [0.2, 0.25) is 11.8 Å². The van der Waals surface area contributed by atoms with Crippen LogP contribution in [0.1, 0.15) is 33.1 Å². The number of nitrogens with one attached hydrogen (secondary N) is 2. The van der Waals surface area contributed by atoms with Crippen molar-refractivity contribution in [2.75, 3.05) is 18.5 Å². The number of hydrogen-bond acceptors (Lipinski definition) is 4. The van der Waals surface area contributed by atoms with Gasteiger partial charge in [-0.3, -0.25) is 9.59 Å². The molecule has 4 aromatic rings. The lowest BCUT2D eigenvalue weighted by Gasteiger charge is -2.20. The maximum atomic E-state index is 13.3. The Morgan fingerprint density at radius 3 is 1.92 bits per heavy atom. The Morgan fingerprint density at radius 2 is 1.36 bits per heavy atom. The number of amides is 2. The molecule has 4 aromatic carbocycles. The first-order valence-electron chi connectivity index (χ1n) is 12.2. The normalized spacial score (nSPS) is 10.7. The zero-order chi connectivity index (χ0) is 27.8. The Labute approximate surface area is 225 Å². The number of carboxylic acid groups (broad SMARTS) is 1. The molecule has 0 saturated carbocycles. The number of aromatic carboxylic acids is 1. The van der Waals surface area contributed by atoms with Gasteiger partial charge >= 0.3 is 5.97 Å². The van der Waals surface area contributed by atoms with Crippen molar-refractivity contribution in [3.8, 4) is 11.1 Å². The van der Waals surface area contributed by atoms with Gasteiger partial charge in [0.15, 0.2) is 0 Å².